The maximum Gasteiger partial charge on any atom is 0.416 e. The fraction of sp³-hybridized carbons (Fsp3) is 0.353. The number of carboxylic acid groups (broad SMARTS) is 1. The third-order valence-electron chi connectivity index (χ3n) is 4.21. The fourth-order valence-electron chi connectivity index (χ4n) is 3.00. The van der Waals surface area contributed by atoms with Gasteiger partial charge in [-0.05, 0) is 25.0 Å². The number of halogens is 3. The van der Waals surface area contributed by atoms with Crippen LogP contribution in [0.2, 0.25) is 0 Å². The molecule has 3 rings (SSSR count). The molecule has 2 heterocycles. The van der Waals surface area contributed by atoms with Gasteiger partial charge in [0.1, 0.15) is 10.7 Å². The lowest BCUT2D eigenvalue weighted by molar-refractivity contribution is -0.138. The minimum Gasteiger partial charge on any atom is -0.481 e. The second-order valence-corrected chi connectivity index (χ2v) is 6.87. The smallest absolute Gasteiger partial charge is 0.416 e. The second-order valence-electron chi connectivity index (χ2n) is 6.01. The van der Waals surface area contributed by atoms with Gasteiger partial charge in [-0.1, -0.05) is 12.1 Å². The molecule has 0 aliphatic carbocycles. The minimum absolute atomic E-state index is 0.125. The molecule has 1 saturated heterocycles. The number of amides is 1. The number of rotatable bonds is 4. The first-order valence-corrected chi connectivity index (χ1v) is 8.79. The summed E-state index contributed by atoms with van der Waals surface area (Å²) in [7, 11) is 0. The van der Waals surface area contributed by atoms with Gasteiger partial charge in [-0.25, -0.2) is 4.98 Å². The Hall–Kier alpha value is -2.42. The fourth-order valence-corrected chi connectivity index (χ4v) is 3.79. The molecule has 1 amide bonds. The lowest BCUT2D eigenvalue weighted by Crippen LogP contribution is -2.37. The third kappa shape index (κ3) is 3.87. The molecule has 1 unspecified atom stereocenters. The number of carboxylic acids is 1. The molecular weight excluding hydrogens is 369 g/mol. The highest BCUT2D eigenvalue weighted by Gasteiger charge is 2.33. The number of alkyl halides is 3. The summed E-state index contributed by atoms with van der Waals surface area (Å²) in [5, 5.41) is 10.8. The van der Waals surface area contributed by atoms with Gasteiger partial charge in [-0.2, -0.15) is 13.2 Å². The third-order valence-corrected chi connectivity index (χ3v) is 5.10. The lowest BCUT2D eigenvalue weighted by Gasteiger charge is -2.22. The molecule has 26 heavy (non-hydrogen) atoms. The van der Waals surface area contributed by atoms with Gasteiger partial charge < -0.3 is 10.0 Å². The van der Waals surface area contributed by atoms with E-state index in [0.717, 1.165) is 23.5 Å². The van der Waals surface area contributed by atoms with Crippen molar-refractivity contribution in [1.82, 2.24) is 9.88 Å². The van der Waals surface area contributed by atoms with E-state index in [1.807, 2.05) is 0 Å². The first-order valence-electron chi connectivity index (χ1n) is 7.91. The average molecular weight is 384 g/mol. The summed E-state index contributed by atoms with van der Waals surface area (Å²) in [6, 6.07) is 4.40. The molecule has 1 aromatic carbocycles. The summed E-state index contributed by atoms with van der Waals surface area (Å²) in [6.45, 7) is 0.452. The van der Waals surface area contributed by atoms with E-state index in [0.29, 0.717) is 24.4 Å². The highest BCUT2D eigenvalue weighted by Crippen LogP contribution is 2.33. The Morgan fingerprint density at radius 3 is 2.81 bits per heavy atom. The molecule has 0 spiro atoms. The molecule has 2 aromatic rings. The summed E-state index contributed by atoms with van der Waals surface area (Å²) in [4.78, 5) is 29.2. The van der Waals surface area contributed by atoms with Gasteiger partial charge in [0.2, 0.25) is 0 Å². The van der Waals surface area contributed by atoms with Crippen molar-refractivity contribution in [3.63, 3.8) is 0 Å². The van der Waals surface area contributed by atoms with Gasteiger partial charge >= 0.3 is 12.1 Å². The number of carbonyl (C=O) groups excluding carboxylic acids is 1. The van der Waals surface area contributed by atoms with Crippen LogP contribution >= 0.6 is 11.3 Å². The minimum atomic E-state index is -4.45. The first-order chi connectivity index (χ1) is 12.3. The molecule has 1 aromatic heterocycles. The Kier molecular flexibility index (Phi) is 4.99. The van der Waals surface area contributed by atoms with E-state index >= 15 is 0 Å². The van der Waals surface area contributed by atoms with Crippen molar-refractivity contribution >= 4 is 23.2 Å². The number of thiazole rings is 1. The van der Waals surface area contributed by atoms with Crippen molar-refractivity contribution in [2.24, 2.45) is 0 Å². The van der Waals surface area contributed by atoms with Crippen LogP contribution in [-0.4, -0.2) is 39.5 Å². The van der Waals surface area contributed by atoms with Crippen molar-refractivity contribution in [2.75, 3.05) is 6.54 Å². The second kappa shape index (κ2) is 7.06. The van der Waals surface area contributed by atoms with Crippen molar-refractivity contribution < 1.29 is 27.9 Å². The van der Waals surface area contributed by atoms with Crippen LogP contribution in [0.3, 0.4) is 0 Å². The largest absolute Gasteiger partial charge is 0.481 e. The first kappa shape index (κ1) is 18.4. The Balaban J connectivity index is 1.82. The van der Waals surface area contributed by atoms with Crippen LogP contribution < -0.4 is 0 Å². The molecule has 9 heteroatoms. The highest BCUT2D eigenvalue weighted by atomic mass is 32.1. The van der Waals surface area contributed by atoms with Crippen LogP contribution in [-0.2, 0) is 11.0 Å². The van der Waals surface area contributed by atoms with Crippen LogP contribution in [0, 0.1) is 0 Å². The van der Waals surface area contributed by atoms with Crippen molar-refractivity contribution in [1.29, 1.82) is 0 Å². The van der Waals surface area contributed by atoms with E-state index in [1.54, 1.807) is 0 Å². The highest BCUT2D eigenvalue weighted by molar-refractivity contribution is 7.13. The summed E-state index contributed by atoms with van der Waals surface area (Å²) in [5.74, 6) is -1.36. The van der Waals surface area contributed by atoms with Gasteiger partial charge in [-0.15, -0.1) is 11.3 Å². The SMILES string of the molecule is O=C(O)CC1CCCN1C(=O)c1csc(-c2cccc(C(F)(F)F)c2)n1. The molecule has 1 aliphatic rings. The predicted molar refractivity (Wildman–Crippen MR) is 88.9 cm³/mol. The Labute approximate surface area is 151 Å². The van der Waals surface area contributed by atoms with Gasteiger partial charge in [0.15, 0.2) is 0 Å². The quantitative estimate of drug-likeness (QED) is 0.868. The normalized spacial score (nSPS) is 17.5. The molecule has 138 valence electrons. The molecule has 5 nitrogen and oxygen atoms in total. The van der Waals surface area contributed by atoms with E-state index in [9.17, 15) is 22.8 Å². The molecule has 0 saturated carbocycles. The topological polar surface area (TPSA) is 70.5 Å². The van der Waals surface area contributed by atoms with Crippen LogP contribution in [0.5, 0.6) is 0 Å². The van der Waals surface area contributed by atoms with Crippen LogP contribution in [0.15, 0.2) is 29.6 Å². The van der Waals surface area contributed by atoms with Gasteiger partial charge in [-0.3, -0.25) is 9.59 Å². The van der Waals surface area contributed by atoms with E-state index in [2.05, 4.69) is 4.98 Å². The summed E-state index contributed by atoms with van der Waals surface area (Å²) in [5.41, 5.74) is -0.369. The molecular formula is C17H15F3N2O3S. The summed E-state index contributed by atoms with van der Waals surface area (Å²) >= 11 is 1.08. The van der Waals surface area contributed by atoms with E-state index in [4.69, 9.17) is 5.11 Å². The summed E-state index contributed by atoms with van der Waals surface area (Å²) < 4.78 is 38.5. The molecule has 1 aliphatic heterocycles. The standard InChI is InChI=1S/C17H15F3N2O3S/c18-17(19,20)11-4-1-3-10(7-11)15-21-13(9-26-15)16(25)22-6-2-5-12(22)8-14(23)24/h1,3-4,7,9,12H,2,5-6,8H2,(H,23,24). The predicted octanol–water partition coefficient (Wildman–Crippen LogP) is 3.91. The molecule has 1 atom stereocenters. The molecule has 1 N–H and O–H groups in total. The zero-order valence-electron chi connectivity index (χ0n) is 13.5. The van der Waals surface area contributed by atoms with Gasteiger partial charge in [0.25, 0.3) is 5.91 Å². The van der Waals surface area contributed by atoms with E-state index < -0.39 is 17.7 Å². The van der Waals surface area contributed by atoms with Crippen LogP contribution in [0.4, 0.5) is 13.2 Å². The van der Waals surface area contributed by atoms with Gasteiger partial charge in [0, 0.05) is 23.5 Å². The number of hydrogen-bond acceptors (Lipinski definition) is 4. The molecule has 1 fully saturated rings. The average Bonchev–Trinajstić information content (AvgIpc) is 3.22. The Bertz CT molecular complexity index is 835. The Morgan fingerprint density at radius 1 is 1.35 bits per heavy atom. The number of aromatic nitrogens is 1. The van der Waals surface area contributed by atoms with Crippen molar-refractivity contribution in [2.45, 2.75) is 31.5 Å². The number of nitrogens with zero attached hydrogens (tertiary/aromatic N) is 2. The Morgan fingerprint density at radius 2 is 2.12 bits per heavy atom. The maximum absolute atomic E-state index is 12.8. The lowest BCUT2D eigenvalue weighted by atomic mass is 10.1. The van der Waals surface area contributed by atoms with Crippen molar-refractivity contribution in [3.05, 3.63) is 40.9 Å². The van der Waals surface area contributed by atoms with Crippen molar-refractivity contribution in [3.8, 4) is 10.6 Å². The summed E-state index contributed by atoms with van der Waals surface area (Å²) in [6.07, 6.45) is -3.25. The zero-order chi connectivity index (χ0) is 18.9. The number of benzene rings is 1. The number of likely N-dealkylation sites (tertiary alicyclic amines) is 1. The van der Waals surface area contributed by atoms with Crippen LogP contribution in [0.25, 0.3) is 10.6 Å². The van der Waals surface area contributed by atoms with Crippen LogP contribution in [0.1, 0.15) is 35.3 Å². The van der Waals surface area contributed by atoms with E-state index in [-0.39, 0.29) is 29.6 Å². The number of hydrogen-bond donors (Lipinski definition) is 1. The van der Waals surface area contributed by atoms with E-state index in [1.165, 1.54) is 22.4 Å². The maximum atomic E-state index is 12.8. The van der Waals surface area contributed by atoms with Gasteiger partial charge in [0.05, 0.1) is 12.0 Å². The zero-order valence-corrected chi connectivity index (χ0v) is 14.3. The molecule has 0 bridgehead atoms. The number of aliphatic carboxylic acids is 1. The monoisotopic (exact) mass is 384 g/mol. The number of carbonyl (C=O) groups is 2. The molecule has 0 radical (unpaired) electrons.